The largest absolute Gasteiger partial charge is 0.394 e. The number of carbonyl (C=O) groups excluding carboxylic acids is 1. The Bertz CT molecular complexity index is 1810. The lowest BCUT2D eigenvalue weighted by Gasteiger charge is -2.48. The topological polar surface area (TPSA) is 307 Å². The molecule has 3 saturated heterocycles. The predicted octanol–water partition coefficient (Wildman–Crippen LogP) is 6.99. The molecule has 3 aliphatic heterocycles. The van der Waals surface area contributed by atoms with E-state index in [2.05, 4.69) is 79.9 Å². The van der Waals surface area contributed by atoms with Gasteiger partial charge in [-0.2, -0.15) is 0 Å². The lowest BCUT2D eigenvalue weighted by Crippen LogP contribution is -2.66. The molecule has 3 fully saturated rings. The van der Waals surface area contributed by atoms with Gasteiger partial charge in [-0.1, -0.05) is 183 Å². The molecule has 12 N–H and O–H groups in total. The fourth-order valence-electron chi connectivity index (χ4n) is 10.4. The van der Waals surface area contributed by atoms with Gasteiger partial charge in [-0.15, -0.1) is 0 Å². The molecule has 0 bridgehead atoms. The first kappa shape index (κ1) is 75.5. The van der Waals surface area contributed by atoms with Crippen LogP contribution in [0.1, 0.15) is 200 Å². The number of aliphatic hydroxyl groups is 11. The van der Waals surface area contributed by atoms with E-state index in [9.17, 15) is 61.0 Å². The van der Waals surface area contributed by atoms with Gasteiger partial charge in [0.15, 0.2) is 18.9 Å². The van der Waals surface area contributed by atoms with Gasteiger partial charge in [-0.25, -0.2) is 0 Å². The molecular formula is C65H113NO18. The molecule has 0 radical (unpaired) electrons. The summed E-state index contributed by atoms with van der Waals surface area (Å²) in [6, 6.07) is -1.01. The van der Waals surface area contributed by atoms with Gasteiger partial charge in [0, 0.05) is 6.42 Å². The highest BCUT2D eigenvalue weighted by Gasteiger charge is 2.53. The summed E-state index contributed by atoms with van der Waals surface area (Å²) in [6.45, 7) is 1.65. The van der Waals surface area contributed by atoms with Crippen molar-refractivity contribution in [2.75, 3.05) is 26.4 Å². The van der Waals surface area contributed by atoms with Gasteiger partial charge in [0.1, 0.15) is 73.2 Å². The first-order chi connectivity index (χ1) is 40.8. The van der Waals surface area contributed by atoms with E-state index >= 15 is 0 Å². The third-order valence-corrected chi connectivity index (χ3v) is 15.7. The van der Waals surface area contributed by atoms with Crippen LogP contribution >= 0.6 is 0 Å². The number of ether oxygens (including phenoxy) is 6. The molecule has 19 nitrogen and oxygen atoms in total. The van der Waals surface area contributed by atoms with E-state index in [1.54, 1.807) is 6.08 Å². The fraction of sp³-hybridized carbons (Fsp3) is 0.800. The SMILES string of the molecule is CCCCC/C=C\C/C=C\C/C=C\CCCCCCCCC(=O)NC(COC1OC(CO)C(OC2OC(CO)C(OC3OC(CO)C(O)C(O)C3O)C(O)C2O)C(O)C1O)C(O)/C=C/CC/C=C/CC/C=C/CCCCCCCCCCCC. The van der Waals surface area contributed by atoms with E-state index in [1.165, 1.54) is 83.5 Å². The van der Waals surface area contributed by atoms with Crippen LogP contribution < -0.4 is 5.32 Å². The summed E-state index contributed by atoms with van der Waals surface area (Å²) < 4.78 is 34.3. The zero-order valence-corrected chi connectivity index (χ0v) is 50.9. The summed E-state index contributed by atoms with van der Waals surface area (Å²) in [5.41, 5.74) is 0. The second kappa shape index (κ2) is 47.3. The molecule has 17 atom stereocenters. The standard InChI is InChI=1S/C65H113NO18/c1-3-5-7-9-11-13-15-17-19-21-23-25-26-28-30-32-34-36-38-40-42-49(70)48(66-53(71)43-41-39-37-35-33-31-29-27-24-22-20-18-16-14-12-10-8-6-4-2)47-79-63-59(77)56(74)61(51(45-68)81-63)84-65-60(78)57(75)62(52(46-69)82-65)83-64-58(76)55(73)54(72)50(44-67)80-64/h12,14,18,20,24-27,32,34,40,42,48-52,54-65,67-70,72-78H,3-11,13,15-17,19,21-23,28-31,33,35-39,41,43-47H2,1-2H3,(H,66,71)/b14-12-,20-18-,26-25+,27-24-,34-32+,42-40+. The molecule has 0 aromatic carbocycles. The molecule has 0 aromatic rings. The van der Waals surface area contributed by atoms with Crippen molar-refractivity contribution in [1.29, 1.82) is 0 Å². The average Bonchev–Trinajstić information content (AvgIpc) is 2.79. The zero-order chi connectivity index (χ0) is 61.2. The van der Waals surface area contributed by atoms with Crippen LogP contribution in [0.3, 0.4) is 0 Å². The van der Waals surface area contributed by atoms with E-state index < -0.39 is 124 Å². The molecule has 0 saturated carbocycles. The maximum atomic E-state index is 13.4. The minimum absolute atomic E-state index is 0.214. The Labute approximate surface area is 502 Å². The molecule has 3 rings (SSSR count). The number of nitrogens with one attached hydrogen (secondary N) is 1. The van der Waals surface area contributed by atoms with Crippen molar-refractivity contribution in [3.63, 3.8) is 0 Å². The van der Waals surface area contributed by atoms with Gasteiger partial charge in [-0.05, 0) is 83.5 Å². The summed E-state index contributed by atoms with van der Waals surface area (Å²) in [7, 11) is 0. The number of hydrogen-bond acceptors (Lipinski definition) is 18. The van der Waals surface area contributed by atoms with Crippen LogP contribution in [0.2, 0.25) is 0 Å². The summed E-state index contributed by atoms with van der Waals surface area (Å²) in [6.07, 6.45) is 30.1. The van der Waals surface area contributed by atoms with Crippen LogP contribution in [0.15, 0.2) is 72.9 Å². The molecule has 17 unspecified atom stereocenters. The molecule has 3 heterocycles. The van der Waals surface area contributed by atoms with E-state index in [0.717, 1.165) is 83.5 Å². The van der Waals surface area contributed by atoms with E-state index in [4.69, 9.17) is 28.4 Å². The van der Waals surface area contributed by atoms with Crippen molar-refractivity contribution in [1.82, 2.24) is 5.32 Å². The minimum Gasteiger partial charge on any atom is -0.394 e. The molecule has 3 aliphatic rings. The molecule has 84 heavy (non-hydrogen) atoms. The number of hydrogen-bond donors (Lipinski definition) is 12. The molecule has 0 aromatic heterocycles. The molecular weight excluding hydrogens is 1080 g/mol. The summed E-state index contributed by atoms with van der Waals surface area (Å²) in [5.74, 6) is -0.305. The summed E-state index contributed by atoms with van der Waals surface area (Å²) >= 11 is 0. The molecule has 0 spiro atoms. The van der Waals surface area contributed by atoms with Gasteiger partial charge in [0.2, 0.25) is 5.91 Å². The lowest BCUT2D eigenvalue weighted by molar-refractivity contribution is -0.379. The Morgan fingerprint density at radius 1 is 0.429 bits per heavy atom. The van der Waals surface area contributed by atoms with Gasteiger partial charge in [-0.3, -0.25) is 4.79 Å². The van der Waals surface area contributed by atoms with E-state index in [-0.39, 0.29) is 18.9 Å². The Morgan fingerprint density at radius 3 is 1.30 bits per heavy atom. The summed E-state index contributed by atoms with van der Waals surface area (Å²) in [4.78, 5) is 13.4. The van der Waals surface area contributed by atoms with Crippen LogP contribution in [0.25, 0.3) is 0 Å². The van der Waals surface area contributed by atoms with Crippen LogP contribution in [0.5, 0.6) is 0 Å². The van der Waals surface area contributed by atoms with Crippen LogP contribution in [0, 0.1) is 0 Å². The maximum Gasteiger partial charge on any atom is 0.220 e. The van der Waals surface area contributed by atoms with Crippen LogP contribution in [-0.2, 0) is 33.2 Å². The molecule has 1 amide bonds. The minimum atomic E-state index is -1.99. The smallest absolute Gasteiger partial charge is 0.220 e. The van der Waals surface area contributed by atoms with Crippen molar-refractivity contribution < 1.29 is 89.4 Å². The number of rotatable bonds is 47. The second-order valence-electron chi connectivity index (χ2n) is 22.8. The highest BCUT2D eigenvalue weighted by atomic mass is 16.8. The van der Waals surface area contributed by atoms with Gasteiger partial charge >= 0.3 is 0 Å². The quantitative estimate of drug-likeness (QED) is 0.0216. The Balaban J connectivity index is 1.51. The van der Waals surface area contributed by atoms with Gasteiger partial charge in [0.05, 0.1) is 38.6 Å². The third kappa shape index (κ3) is 30.0. The number of unbranched alkanes of at least 4 members (excludes halogenated alkanes) is 21. The highest BCUT2D eigenvalue weighted by Crippen LogP contribution is 2.33. The lowest BCUT2D eigenvalue weighted by atomic mass is 9.96. The van der Waals surface area contributed by atoms with Crippen molar-refractivity contribution in [3.05, 3.63) is 72.9 Å². The van der Waals surface area contributed by atoms with E-state index in [0.29, 0.717) is 12.8 Å². The Morgan fingerprint density at radius 2 is 0.798 bits per heavy atom. The third-order valence-electron chi connectivity index (χ3n) is 15.7. The van der Waals surface area contributed by atoms with Crippen LogP contribution in [-0.4, -0.2) is 193 Å². The highest BCUT2D eigenvalue weighted by molar-refractivity contribution is 5.76. The Kier molecular flexibility index (Phi) is 42.5. The number of amides is 1. The molecule has 486 valence electrons. The molecule has 19 heteroatoms. The van der Waals surface area contributed by atoms with Crippen molar-refractivity contribution >= 4 is 5.91 Å². The van der Waals surface area contributed by atoms with Gasteiger partial charge in [0.25, 0.3) is 0 Å². The van der Waals surface area contributed by atoms with Crippen molar-refractivity contribution in [2.24, 2.45) is 0 Å². The average molecular weight is 1200 g/mol. The van der Waals surface area contributed by atoms with Crippen LogP contribution in [0.4, 0.5) is 0 Å². The zero-order valence-electron chi connectivity index (χ0n) is 50.9. The number of aliphatic hydroxyl groups excluding tert-OH is 11. The van der Waals surface area contributed by atoms with Gasteiger partial charge < -0.3 is 89.9 Å². The number of carbonyl (C=O) groups is 1. The summed E-state index contributed by atoms with van der Waals surface area (Å²) in [5, 5.41) is 120. The van der Waals surface area contributed by atoms with E-state index in [1.807, 2.05) is 6.08 Å². The fourth-order valence-corrected chi connectivity index (χ4v) is 10.4. The number of allylic oxidation sites excluding steroid dienone is 11. The second-order valence-corrected chi connectivity index (χ2v) is 22.8. The van der Waals surface area contributed by atoms with Crippen molar-refractivity contribution in [3.8, 4) is 0 Å². The predicted molar refractivity (Wildman–Crippen MR) is 323 cm³/mol. The van der Waals surface area contributed by atoms with Crippen molar-refractivity contribution in [2.45, 2.75) is 304 Å². The molecule has 0 aliphatic carbocycles. The normalized spacial score (nSPS) is 29.7. The first-order valence-corrected chi connectivity index (χ1v) is 32.2. The first-order valence-electron chi connectivity index (χ1n) is 32.2. The maximum absolute atomic E-state index is 13.4. The Hall–Kier alpha value is -2.77. The monoisotopic (exact) mass is 1200 g/mol.